The van der Waals surface area contributed by atoms with E-state index < -0.39 is 0 Å². The van der Waals surface area contributed by atoms with Crippen molar-refractivity contribution < 1.29 is 5.11 Å². The number of nitrogens with one attached hydrogen (secondary N) is 1. The Labute approximate surface area is 104 Å². The lowest BCUT2D eigenvalue weighted by molar-refractivity contribution is 0.468. The molecule has 4 nitrogen and oxygen atoms in total. The molecule has 2 heterocycles. The molecule has 0 aliphatic carbocycles. The monoisotopic (exact) mass is 239 g/mol. The van der Waals surface area contributed by atoms with Crippen molar-refractivity contribution in [3.8, 4) is 5.75 Å². The molecule has 3 aromatic rings. The summed E-state index contributed by atoms with van der Waals surface area (Å²) in [7, 11) is 0. The molecule has 3 rings (SSSR count). The zero-order valence-corrected chi connectivity index (χ0v) is 9.80. The summed E-state index contributed by atoms with van der Waals surface area (Å²) in [5, 5.41) is 9.69. The average Bonchev–Trinajstić information content (AvgIpc) is 2.80. The first-order valence-electron chi connectivity index (χ1n) is 5.89. The molecule has 90 valence electrons. The molecule has 4 heteroatoms. The molecule has 2 N–H and O–H groups in total. The van der Waals surface area contributed by atoms with Gasteiger partial charge >= 0.3 is 0 Å². The molecule has 0 amide bonds. The van der Waals surface area contributed by atoms with Gasteiger partial charge in [-0.05, 0) is 30.2 Å². The molecule has 2 aromatic heterocycles. The van der Waals surface area contributed by atoms with E-state index in [0.29, 0.717) is 5.75 Å². The minimum absolute atomic E-state index is 0.340. The van der Waals surface area contributed by atoms with Crippen LogP contribution in [0.2, 0.25) is 0 Å². The predicted octanol–water partition coefficient (Wildman–Crippen LogP) is 2.45. The van der Waals surface area contributed by atoms with Crippen LogP contribution in [0, 0.1) is 0 Å². The Balaban J connectivity index is 1.79. The third-order valence-corrected chi connectivity index (χ3v) is 2.93. The van der Waals surface area contributed by atoms with Gasteiger partial charge in [0.15, 0.2) is 5.65 Å². The summed E-state index contributed by atoms with van der Waals surface area (Å²) in [6, 6.07) is 11.2. The summed E-state index contributed by atoms with van der Waals surface area (Å²) in [6.45, 7) is 0. The fourth-order valence-corrected chi connectivity index (χ4v) is 1.99. The molecule has 18 heavy (non-hydrogen) atoms. The molecule has 0 saturated carbocycles. The molecule has 0 atom stereocenters. The Morgan fingerprint density at radius 3 is 2.78 bits per heavy atom. The second kappa shape index (κ2) is 4.49. The molecule has 0 fully saturated rings. The molecular formula is C14H13N3O. The number of benzene rings is 1. The van der Waals surface area contributed by atoms with E-state index in [2.05, 4.69) is 15.0 Å². The van der Waals surface area contributed by atoms with Gasteiger partial charge in [-0.1, -0.05) is 18.2 Å². The highest BCUT2D eigenvalue weighted by molar-refractivity contribution is 5.69. The van der Waals surface area contributed by atoms with Crippen molar-refractivity contribution in [1.82, 2.24) is 15.0 Å². The summed E-state index contributed by atoms with van der Waals surface area (Å²) in [5.41, 5.74) is 2.63. The molecule has 0 unspecified atom stereocenters. The van der Waals surface area contributed by atoms with Gasteiger partial charge < -0.3 is 10.1 Å². The normalized spacial score (nSPS) is 10.9. The average molecular weight is 239 g/mol. The summed E-state index contributed by atoms with van der Waals surface area (Å²) in [5.74, 6) is 1.23. The number of pyridine rings is 1. The van der Waals surface area contributed by atoms with Gasteiger partial charge in [-0.15, -0.1) is 0 Å². The van der Waals surface area contributed by atoms with Crippen LogP contribution < -0.4 is 0 Å². The van der Waals surface area contributed by atoms with Crippen LogP contribution in [0.5, 0.6) is 5.75 Å². The van der Waals surface area contributed by atoms with Gasteiger partial charge in [-0.25, -0.2) is 9.97 Å². The van der Waals surface area contributed by atoms with Crippen molar-refractivity contribution in [1.29, 1.82) is 0 Å². The molecule has 0 spiro atoms. The van der Waals surface area contributed by atoms with E-state index in [9.17, 15) is 5.11 Å². The van der Waals surface area contributed by atoms with Gasteiger partial charge in [0.2, 0.25) is 0 Å². The Hall–Kier alpha value is -2.36. The molecule has 0 saturated heterocycles. The molecule has 1 aromatic carbocycles. The highest BCUT2D eigenvalue weighted by atomic mass is 16.3. The van der Waals surface area contributed by atoms with Crippen molar-refractivity contribution in [3.63, 3.8) is 0 Å². The second-order valence-electron chi connectivity index (χ2n) is 4.19. The first kappa shape index (κ1) is 10.8. The molecule has 0 aliphatic rings. The number of phenols is 1. The van der Waals surface area contributed by atoms with E-state index in [-0.39, 0.29) is 0 Å². The quantitative estimate of drug-likeness (QED) is 0.738. The summed E-state index contributed by atoms with van der Waals surface area (Å²) in [6.07, 6.45) is 3.25. The number of aromatic nitrogens is 3. The van der Waals surface area contributed by atoms with Crippen LogP contribution in [0.3, 0.4) is 0 Å². The van der Waals surface area contributed by atoms with E-state index in [0.717, 1.165) is 35.4 Å². The second-order valence-corrected chi connectivity index (χ2v) is 4.19. The number of rotatable bonds is 3. The van der Waals surface area contributed by atoms with Crippen molar-refractivity contribution in [2.75, 3.05) is 0 Å². The molecule has 0 radical (unpaired) electrons. The van der Waals surface area contributed by atoms with Crippen molar-refractivity contribution in [3.05, 3.63) is 54.0 Å². The number of aromatic amines is 1. The van der Waals surface area contributed by atoms with Crippen molar-refractivity contribution in [2.45, 2.75) is 12.8 Å². The van der Waals surface area contributed by atoms with E-state index >= 15 is 0 Å². The maximum Gasteiger partial charge on any atom is 0.177 e. The molecule has 0 aliphatic heterocycles. The van der Waals surface area contributed by atoms with Crippen molar-refractivity contribution >= 4 is 11.2 Å². The topological polar surface area (TPSA) is 61.8 Å². The number of nitrogens with zero attached hydrogens (tertiary/aromatic N) is 2. The van der Waals surface area contributed by atoms with Gasteiger partial charge in [-0.3, -0.25) is 0 Å². The fraction of sp³-hybridized carbons (Fsp3) is 0.143. The van der Waals surface area contributed by atoms with Crippen LogP contribution in [-0.4, -0.2) is 20.1 Å². The highest BCUT2D eigenvalue weighted by Crippen LogP contribution is 2.18. The van der Waals surface area contributed by atoms with Crippen LogP contribution in [0.15, 0.2) is 42.6 Å². The predicted molar refractivity (Wildman–Crippen MR) is 69.4 cm³/mol. The number of hydrogen-bond acceptors (Lipinski definition) is 3. The first-order valence-corrected chi connectivity index (χ1v) is 5.89. The zero-order valence-electron chi connectivity index (χ0n) is 9.80. The maximum atomic E-state index is 9.69. The van der Waals surface area contributed by atoms with Gasteiger partial charge in [0.1, 0.15) is 11.6 Å². The van der Waals surface area contributed by atoms with Crippen LogP contribution in [0.4, 0.5) is 0 Å². The fourth-order valence-electron chi connectivity index (χ4n) is 1.99. The van der Waals surface area contributed by atoms with Crippen LogP contribution in [0.1, 0.15) is 11.4 Å². The van der Waals surface area contributed by atoms with Gasteiger partial charge in [0.25, 0.3) is 0 Å². The highest BCUT2D eigenvalue weighted by Gasteiger charge is 2.05. The largest absolute Gasteiger partial charge is 0.508 e. The van der Waals surface area contributed by atoms with E-state index in [1.807, 2.05) is 30.3 Å². The van der Waals surface area contributed by atoms with E-state index in [1.54, 1.807) is 12.3 Å². The maximum absolute atomic E-state index is 9.69. The number of fused-ring (bicyclic) bond motifs is 1. The third kappa shape index (κ3) is 2.05. The van der Waals surface area contributed by atoms with E-state index in [4.69, 9.17) is 0 Å². The van der Waals surface area contributed by atoms with Gasteiger partial charge in [0, 0.05) is 12.6 Å². The lowest BCUT2D eigenvalue weighted by atomic mass is 10.1. The third-order valence-electron chi connectivity index (χ3n) is 2.93. The first-order chi connectivity index (χ1) is 8.83. The molecular weight excluding hydrogens is 226 g/mol. The number of aromatic hydroxyl groups is 1. The Morgan fingerprint density at radius 1 is 1.06 bits per heavy atom. The van der Waals surface area contributed by atoms with Crippen LogP contribution in [-0.2, 0) is 12.8 Å². The lowest BCUT2D eigenvalue weighted by Gasteiger charge is -2.01. The van der Waals surface area contributed by atoms with E-state index in [1.165, 1.54) is 0 Å². The summed E-state index contributed by atoms with van der Waals surface area (Å²) < 4.78 is 0. The number of H-pyrrole nitrogens is 1. The van der Waals surface area contributed by atoms with Gasteiger partial charge in [-0.2, -0.15) is 0 Å². The number of imidazole rings is 1. The van der Waals surface area contributed by atoms with Crippen molar-refractivity contribution in [2.24, 2.45) is 0 Å². The SMILES string of the molecule is Oc1ccccc1CCc1nc2ncccc2[nH]1. The number of para-hydroxylation sites is 1. The zero-order chi connectivity index (χ0) is 12.4. The molecule has 0 bridgehead atoms. The van der Waals surface area contributed by atoms with Gasteiger partial charge in [0.05, 0.1) is 5.52 Å². The Bertz CT molecular complexity index is 642. The standard InChI is InChI=1S/C14H13N3O/c18-12-6-2-1-4-10(12)7-8-13-16-11-5-3-9-15-14(11)17-13/h1-6,9,18H,7-8H2,(H,15,16,17). The van der Waals surface area contributed by atoms with Crippen LogP contribution in [0.25, 0.3) is 11.2 Å². The smallest absolute Gasteiger partial charge is 0.177 e. The summed E-state index contributed by atoms with van der Waals surface area (Å²) in [4.78, 5) is 11.8. The lowest BCUT2D eigenvalue weighted by Crippen LogP contribution is -1.93. The Morgan fingerprint density at radius 2 is 1.94 bits per heavy atom. The Kier molecular flexibility index (Phi) is 2.68. The minimum atomic E-state index is 0.340. The number of hydrogen-bond donors (Lipinski definition) is 2. The summed E-state index contributed by atoms with van der Waals surface area (Å²) >= 11 is 0. The minimum Gasteiger partial charge on any atom is -0.508 e. The number of phenolic OH excluding ortho intramolecular Hbond substituents is 1. The number of aryl methyl sites for hydroxylation is 2. The van der Waals surface area contributed by atoms with Crippen LogP contribution >= 0.6 is 0 Å².